The second kappa shape index (κ2) is 8.47. The van der Waals surface area contributed by atoms with Gasteiger partial charge in [0.25, 0.3) is 5.56 Å². The van der Waals surface area contributed by atoms with Crippen LogP contribution in [0.2, 0.25) is 0 Å². The van der Waals surface area contributed by atoms with E-state index in [-0.39, 0.29) is 34.6 Å². The largest absolute Gasteiger partial charge is 0.394 e. The number of aromatic nitrogens is 1. The predicted octanol–water partition coefficient (Wildman–Crippen LogP) is 2.09. The zero-order valence-corrected chi connectivity index (χ0v) is 20.3. The first-order valence-electron chi connectivity index (χ1n) is 10.1. The fourth-order valence-electron chi connectivity index (χ4n) is 3.97. The van der Waals surface area contributed by atoms with Crippen LogP contribution in [0.15, 0.2) is 23.0 Å². The molecule has 0 amide bonds. The molecule has 1 aliphatic heterocycles. The van der Waals surface area contributed by atoms with Gasteiger partial charge in [-0.3, -0.25) is 14.1 Å². The molecular formula is C20H24FIN4O5S. The van der Waals surface area contributed by atoms with Gasteiger partial charge in [-0.1, -0.05) is 0 Å². The minimum atomic E-state index is -4.00. The highest BCUT2D eigenvalue weighted by Crippen LogP contribution is 2.49. The lowest BCUT2D eigenvalue weighted by Crippen LogP contribution is -2.35. The van der Waals surface area contributed by atoms with Crippen LogP contribution >= 0.6 is 22.6 Å². The molecule has 0 saturated heterocycles. The standard InChI is InChI=1S/C20H24FIN4O5S/c1-11-16(24-15-3-2-12(22)8-14(15)21)17(18-23-6-7-26(18)19(11)29)25-32(30,31)20(4-5-20)9-13(28)10-27/h2-3,8,13,23-25,27-28H,4-7,9-10H2,1H3. The summed E-state index contributed by atoms with van der Waals surface area (Å²) >= 11 is 1.98. The Morgan fingerprint density at radius 2 is 2.06 bits per heavy atom. The Hall–Kier alpha value is -1.90. The van der Waals surface area contributed by atoms with Gasteiger partial charge in [0.1, 0.15) is 17.3 Å². The second-order valence-electron chi connectivity index (χ2n) is 8.19. The van der Waals surface area contributed by atoms with Crippen molar-refractivity contribution < 1.29 is 23.0 Å². The van der Waals surface area contributed by atoms with Gasteiger partial charge in [0.15, 0.2) is 0 Å². The van der Waals surface area contributed by atoms with Gasteiger partial charge >= 0.3 is 0 Å². The molecule has 2 heterocycles. The highest BCUT2D eigenvalue weighted by molar-refractivity contribution is 14.1. The number of pyridine rings is 1. The van der Waals surface area contributed by atoms with Crippen LogP contribution in [-0.2, 0) is 16.6 Å². The van der Waals surface area contributed by atoms with Crippen molar-refractivity contribution in [3.05, 3.63) is 43.5 Å². The number of anilines is 4. The Morgan fingerprint density at radius 3 is 2.69 bits per heavy atom. The fraction of sp³-hybridized carbons (Fsp3) is 0.450. The summed E-state index contributed by atoms with van der Waals surface area (Å²) < 4.78 is 44.7. The van der Waals surface area contributed by atoms with Crippen LogP contribution in [-0.4, -0.2) is 47.2 Å². The van der Waals surface area contributed by atoms with Gasteiger partial charge < -0.3 is 20.8 Å². The first-order chi connectivity index (χ1) is 15.1. The molecule has 32 heavy (non-hydrogen) atoms. The summed E-state index contributed by atoms with van der Waals surface area (Å²) in [6.07, 6.45) is -0.573. The summed E-state index contributed by atoms with van der Waals surface area (Å²) in [5.41, 5.74) is 0.333. The van der Waals surface area contributed by atoms with E-state index in [1.807, 2.05) is 22.6 Å². The molecule has 1 aromatic heterocycles. The maximum absolute atomic E-state index is 14.5. The molecule has 174 valence electrons. The van der Waals surface area contributed by atoms with E-state index in [4.69, 9.17) is 5.11 Å². The Labute approximate surface area is 198 Å². The summed E-state index contributed by atoms with van der Waals surface area (Å²) in [5.74, 6) is -0.237. The van der Waals surface area contributed by atoms with E-state index in [1.165, 1.54) is 16.7 Å². The molecule has 2 aromatic rings. The summed E-state index contributed by atoms with van der Waals surface area (Å²) in [6.45, 7) is 1.84. The molecule has 12 heteroatoms. The second-order valence-corrected chi connectivity index (χ2v) is 11.5. The van der Waals surface area contributed by atoms with E-state index in [2.05, 4.69) is 15.4 Å². The molecule has 9 nitrogen and oxygen atoms in total. The number of rotatable bonds is 8. The zero-order chi connectivity index (χ0) is 23.3. The molecule has 4 rings (SSSR count). The molecule has 5 N–H and O–H groups in total. The molecular weight excluding hydrogens is 554 g/mol. The van der Waals surface area contributed by atoms with E-state index in [1.54, 1.807) is 13.0 Å². The molecule has 1 unspecified atom stereocenters. The topological polar surface area (TPSA) is 133 Å². The number of hydrogen-bond donors (Lipinski definition) is 5. The molecule has 2 aliphatic rings. The van der Waals surface area contributed by atoms with Crippen molar-refractivity contribution >= 4 is 55.5 Å². The van der Waals surface area contributed by atoms with Gasteiger partial charge in [0.2, 0.25) is 10.0 Å². The van der Waals surface area contributed by atoms with Gasteiger partial charge in [0.05, 0.1) is 28.8 Å². The highest BCUT2D eigenvalue weighted by atomic mass is 127. The Balaban J connectivity index is 1.80. The summed E-state index contributed by atoms with van der Waals surface area (Å²) in [7, 11) is -4.00. The van der Waals surface area contributed by atoms with Gasteiger partial charge in [-0.25, -0.2) is 12.8 Å². The van der Waals surface area contributed by atoms with Crippen molar-refractivity contribution in [2.75, 3.05) is 28.5 Å². The quantitative estimate of drug-likeness (QED) is 0.303. The summed E-state index contributed by atoms with van der Waals surface area (Å²) in [5, 5.41) is 25.0. The molecule has 0 spiro atoms. The molecule has 1 aromatic carbocycles. The van der Waals surface area contributed by atoms with Crippen molar-refractivity contribution in [3.63, 3.8) is 0 Å². The van der Waals surface area contributed by atoms with Crippen LogP contribution in [0.5, 0.6) is 0 Å². The monoisotopic (exact) mass is 578 g/mol. The van der Waals surface area contributed by atoms with Crippen molar-refractivity contribution in [2.24, 2.45) is 0 Å². The third-order valence-corrected chi connectivity index (χ3v) is 8.81. The number of sulfonamides is 1. The molecule has 1 fully saturated rings. The SMILES string of the molecule is Cc1c(Nc2ccc(I)cc2F)c(NS(=O)(=O)C2(CC(O)CO)CC2)c2n(c1=O)CCN2. The lowest BCUT2D eigenvalue weighted by molar-refractivity contribution is 0.0858. The van der Waals surface area contributed by atoms with Crippen molar-refractivity contribution in [3.8, 4) is 0 Å². The molecule has 0 radical (unpaired) electrons. The summed E-state index contributed by atoms with van der Waals surface area (Å²) in [4.78, 5) is 12.9. The third-order valence-electron chi connectivity index (χ3n) is 5.95. The molecule has 1 aliphatic carbocycles. The maximum atomic E-state index is 14.5. The number of fused-ring (bicyclic) bond motifs is 1. The van der Waals surface area contributed by atoms with Gasteiger partial charge in [0, 0.05) is 22.2 Å². The zero-order valence-electron chi connectivity index (χ0n) is 17.3. The molecule has 1 atom stereocenters. The number of aliphatic hydroxyl groups excluding tert-OH is 2. The summed E-state index contributed by atoms with van der Waals surface area (Å²) in [6, 6.07) is 4.54. The minimum absolute atomic E-state index is 0.102. The van der Waals surface area contributed by atoms with E-state index in [0.29, 0.717) is 35.3 Å². The van der Waals surface area contributed by atoms with Gasteiger partial charge in [-0.05, 0) is 67.0 Å². The van der Waals surface area contributed by atoms with E-state index < -0.39 is 33.3 Å². The first-order valence-corrected chi connectivity index (χ1v) is 12.7. The third kappa shape index (κ3) is 4.08. The minimum Gasteiger partial charge on any atom is -0.394 e. The number of aliphatic hydroxyl groups is 2. The number of halogens is 2. The number of nitrogens with zero attached hydrogens (tertiary/aromatic N) is 1. The fourth-order valence-corrected chi connectivity index (χ4v) is 6.16. The lowest BCUT2D eigenvalue weighted by Gasteiger charge is -2.24. The number of benzene rings is 1. The first kappa shape index (κ1) is 23.3. The highest BCUT2D eigenvalue weighted by Gasteiger charge is 2.55. The smallest absolute Gasteiger partial charge is 0.257 e. The van der Waals surface area contributed by atoms with Crippen LogP contribution in [0.25, 0.3) is 0 Å². The van der Waals surface area contributed by atoms with Crippen LogP contribution in [0.3, 0.4) is 0 Å². The average Bonchev–Trinajstić information content (AvgIpc) is 3.36. The van der Waals surface area contributed by atoms with E-state index in [9.17, 15) is 22.7 Å². The molecule has 1 saturated carbocycles. The van der Waals surface area contributed by atoms with Crippen molar-refractivity contribution in [1.29, 1.82) is 0 Å². The lowest BCUT2D eigenvalue weighted by atomic mass is 10.2. The Kier molecular flexibility index (Phi) is 6.15. The van der Waals surface area contributed by atoms with Gasteiger partial charge in [-0.2, -0.15) is 0 Å². The van der Waals surface area contributed by atoms with E-state index in [0.717, 1.165) is 0 Å². The predicted molar refractivity (Wildman–Crippen MR) is 129 cm³/mol. The van der Waals surface area contributed by atoms with Crippen LogP contribution in [0.1, 0.15) is 24.8 Å². The average molecular weight is 578 g/mol. The Morgan fingerprint density at radius 1 is 1.34 bits per heavy atom. The van der Waals surface area contributed by atoms with Crippen LogP contribution in [0.4, 0.5) is 27.3 Å². The number of hydrogen-bond acceptors (Lipinski definition) is 7. The maximum Gasteiger partial charge on any atom is 0.257 e. The van der Waals surface area contributed by atoms with Gasteiger partial charge in [-0.15, -0.1) is 0 Å². The normalized spacial score (nSPS) is 17.4. The van der Waals surface area contributed by atoms with Crippen molar-refractivity contribution in [2.45, 2.75) is 43.6 Å². The van der Waals surface area contributed by atoms with Crippen LogP contribution in [0, 0.1) is 16.3 Å². The number of nitrogens with one attached hydrogen (secondary N) is 3. The Bertz CT molecular complexity index is 1230. The van der Waals surface area contributed by atoms with Crippen molar-refractivity contribution in [1.82, 2.24) is 4.57 Å². The van der Waals surface area contributed by atoms with Crippen LogP contribution < -0.4 is 20.9 Å². The van der Waals surface area contributed by atoms with E-state index >= 15 is 0 Å². The molecule has 0 bridgehead atoms.